The number of cyclic esters (lactones) is 1. The monoisotopic (exact) mass is 508 g/mol. The molecule has 8 heteroatoms. The summed E-state index contributed by atoms with van der Waals surface area (Å²) in [6.45, 7) is 3.77. The molecule has 7 nitrogen and oxygen atoms in total. The van der Waals surface area contributed by atoms with Gasteiger partial charge in [0, 0.05) is 37.9 Å². The molecule has 2 aliphatic heterocycles. The smallest absolute Gasteiger partial charge is 0.409 e. The minimum absolute atomic E-state index is 0.108. The van der Waals surface area contributed by atoms with Gasteiger partial charge in [0.2, 0.25) is 0 Å². The van der Waals surface area contributed by atoms with Crippen molar-refractivity contribution in [3.63, 3.8) is 0 Å². The van der Waals surface area contributed by atoms with E-state index in [1.807, 2.05) is 31.2 Å². The number of pyridine rings is 1. The van der Waals surface area contributed by atoms with Crippen LogP contribution in [-0.4, -0.2) is 61.5 Å². The minimum Gasteiger partial charge on any atom is -0.462 e. The van der Waals surface area contributed by atoms with E-state index in [1.165, 1.54) is 12.1 Å². The normalized spacial score (nSPS) is 29.1. The standard InChI is InChI=1S/C29H33FN2O5/c1-18-27-25(9-8-23-7-6-20(16-31-23)19-4-3-5-22(30)14-19)24-10-11-32(29(34)36-13-12-35-2)17-21(24)15-26(27)28(33)37-18/h3-9,14,16,18,21,24-27H,10-13,15,17H2,1-2H3/b9-8+/t18-,21?,24?,25?,26?,27?/m1/s1. The van der Waals surface area contributed by atoms with Crippen LogP contribution in [0.1, 0.15) is 25.5 Å². The molecule has 2 saturated heterocycles. The predicted molar refractivity (Wildman–Crippen MR) is 136 cm³/mol. The van der Waals surface area contributed by atoms with Gasteiger partial charge in [-0.1, -0.05) is 24.3 Å². The summed E-state index contributed by atoms with van der Waals surface area (Å²) in [4.78, 5) is 31.6. The Kier molecular flexibility index (Phi) is 7.55. The fourth-order valence-corrected chi connectivity index (χ4v) is 6.38. The van der Waals surface area contributed by atoms with E-state index >= 15 is 0 Å². The number of likely N-dealkylation sites (tertiary alicyclic amines) is 1. The largest absolute Gasteiger partial charge is 0.462 e. The van der Waals surface area contributed by atoms with Gasteiger partial charge in [-0.05, 0) is 67.4 Å². The first kappa shape index (κ1) is 25.4. The van der Waals surface area contributed by atoms with E-state index in [9.17, 15) is 14.0 Å². The zero-order valence-corrected chi connectivity index (χ0v) is 21.2. The van der Waals surface area contributed by atoms with Gasteiger partial charge in [-0.15, -0.1) is 0 Å². The minimum atomic E-state index is -0.324. The maximum absolute atomic E-state index is 13.6. The maximum Gasteiger partial charge on any atom is 0.409 e. The molecule has 0 N–H and O–H groups in total. The average molecular weight is 509 g/mol. The molecule has 3 heterocycles. The van der Waals surface area contributed by atoms with Crippen molar-refractivity contribution >= 4 is 18.1 Å². The van der Waals surface area contributed by atoms with Crippen molar-refractivity contribution in [2.24, 2.45) is 29.6 Å². The van der Waals surface area contributed by atoms with Crippen molar-refractivity contribution in [1.82, 2.24) is 9.88 Å². The SMILES string of the molecule is COCCOC(=O)N1CCC2C(CC3C(=O)O[C@H](C)C3C2/C=C/c2ccc(-c3cccc(F)c3)cn2)C1. The Morgan fingerprint density at radius 3 is 2.86 bits per heavy atom. The van der Waals surface area contributed by atoms with Gasteiger partial charge in [0.15, 0.2) is 0 Å². The first-order chi connectivity index (χ1) is 17.9. The van der Waals surface area contributed by atoms with Crippen LogP contribution in [0, 0.1) is 35.4 Å². The fraction of sp³-hybridized carbons (Fsp3) is 0.483. The van der Waals surface area contributed by atoms with Crippen LogP contribution in [0.4, 0.5) is 9.18 Å². The number of esters is 1. The molecule has 37 heavy (non-hydrogen) atoms. The van der Waals surface area contributed by atoms with Gasteiger partial charge in [-0.25, -0.2) is 9.18 Å². The van der Waals surface area contributed by atoms with Crippen LogP contribution in [0.25, 0.3) is 17.2 Å². The average Bonchev–Trinajstić information content (AvgIpc) is 3.19. The summed E-state index contributed by atoms with van der Waals surface area (Å²) >= 11 is 0. The summed E-state index contributed by atoms with van der Waals surface area (Å²) in [6, 6.07) is 10.3. The van der Waals surface area contributed by atoms with Gasteiger partial charge in [0.25, 0.3) is 0 Å². The number of nitrogens with zero attached hydrogens (tertiary/aromatic N) is 2. The molecule has 5 rings (SSSR count). The van der Waals surface area contributed by atoms with Crippen LogP contribution in [0.2, 0.25) is 0 Å². The van der Waals surface area contributed by atoms with Gasteiger partial charge in [-0.2, -0.15) is 0 Å². The molecule has 1 amide bonds. The van der Waals surface area contributed by atoms with Gasteiger partial charge >= 0.3 is 12.1 Å². The molecule has 1 aliphatic carbocycles. The molecular weight excluding hydrogens is 475 g/mol. The molecule has 2 aromatic rings. The van der Waals surface area contributed by atoms with Gasteiger partial charge in [0.1, 0.15) is 18.5 Å². The van der Waals surface area contributed by atoms with Crippen LogP contribution < -0.4 is 0 Å². The quantitative estimate of drug-likeness (QED) is 0.411. The zero-order chi connectivity index (χ0) is 25.9. The van der Waals surface area contributed by atoms with E-state index in [4.69, 9.17) is 14.2 Å². The summed E-state index contributed by atoms with van der Waals surface area (Å²) in [6.07, 6.45) is 7.05. The van der Waals surface area contributed by atoms with Crippen molar-refractivity contribution in [1.29, 1.82) is 0 Å². The number of halogens is 1. The second-order valence-corrected chi connectivity index (χ2v) is 10.2. The number of ether oxygens (including phenoxy) is 3. The highest BCUT2D eigenvalue weighted by Crippen LogP contribution is 2.51. The van der Waals surface area contributed by atoms with Crippen LogP contribution in [0.15, 0.2) is 48.7 Å². The van der Waals surface area contributed by atoms with Gasteiger partial charge in [-0.3, -0.25) is 9.78 Å². The molecule has 6 atom stereocenters. The molecule has 3 fully saturated rings. The van der Waals surface area contributed by atoms with Crippen LogP contribution >= 0.6 is 0 Å². The summed E-state index contributed by atoms with van der Waals surface area (Å²) in [5.41, 5.74) is 2.43. The Bertz CT molecular complexity index is 1150. The molecule has 0 bridgehead atoms. The molecule has 0 spiro atoms. The molecule has 1 saturated carbocycles. The number of carbonyl (C=O) groups excluding carboxylic acids is 2. The lowest BCUT2D eigenvalue weighted by molar-refractivity contribution is -0.144. The number of piperidine rings is 1. The summed E-state index contributed by atoms with van der Waals surface area (Å²) in [5, 5.41) is 0. The third-order valence-electron chi connectivity index (χ3n) is 8.10. The van der Waals surface area contributed by atoms with Crippen molar-refractivity contribution in [3.8, 4) is 11.1 Å². The van der Waals surface area contributed by atoms with Crippen molar-refractivity contribution in [2.45, 2.75) is 25.9 Å². The second-order valence-electron chi connectivity index (χ2n) is 10.2. The third-order valence-corrected chi connectivity index (χ3v) is 8.10. The number of allylic oxidation sites excluding steroid dienone is 1. The third kappa shape index (κ3) is 5.39. The molecule has 3 aliphatic rings. The topological polar surface area (TPSA) is 78.0 Å². The molecule has 0 radical (unpaired) electrons. The predicted octanol–water partition coefficient (Wildman–Crippen LogP) is 4.82. The lowest BCUT2D eigenvalue weighted by atomic mass is 9.59. The zero-order valence-electron chi connectivity index (χ0n) is 21.2. The van der Waals surface area contributed by atoms with Crippen LogP contribution in [-0.2, 0) is 19.0 Å². The highest BCUT2D eigenvalue weighted by Gasteiger charge is 2.54. The van der Waals surface area contributed by atoms with E-state index < -0.39 is 0 Å². The lowest BCUT2D eigenvalue weighted by Crippen LogP contribution is -2.51. The number of carbonyl (C=O) groups is 2. The molecule has 1 aromatic carbocycles. The summed E-state index contributed by atoms with van der Waals surface area (Å²) in [5.74, 6) is 0.202. The molecular formula is C29H33FN2O5. The van der Waals surface area contributed by atoms with Crippen molar-refractivity contribution < 1.29 is 28.2 Å². The Morgan fingerprint density at radius 2 is 2.11 bits per heavy atom. The van der Waals surface area contributed by atoms with Crippen molar-refractivity contribution in [3.05, 3.63) is 60.2 Å². The Balaban J connectivity index is 1.33. The van der Waals surface area contributed by atoms with E-state index in [-0.39, 0.29) is 54.3 Å². The Hall–Kier alpha value is -3.26. The molecule has 196 valence electrons. The fourth-order valence-electron chi connectivity index (χ4n) is 6.38. The second kappa shape index (κ2) is 11.0. The van der Waals surface area contributed by atoms with Gasteiger partial charge < -0.3 is 19.1 Å². The summed E-state index contributed by atoms with van der Waals surface area (Å²) < 4.78 is 29.6. The maximum atomic E-state index is 13.6. The highest BCUT2D eigenvalue weighted by atomic mass is 19.1. The number of fused-ring (bicyclic) bond motifs is 2. The number of hydrogen-bond donors (Lipinski definition) is 0. The van der Waals surface area contributed by atoms with E-state index in [1.54, 1.807) is 24.3 Å². The van der Waals surface area contributed by atoms with Crippen molar-refractivity contribution in [2.75, 3.05) is 33.4 Å². The summed E-state index contributed by atoms with van der Waals surface area (Å²) in [7, 11) is 1.57. The molecule has 1 aromatic heterocycles. The number of methoxy groups -OCH3 is 1. The Labute approximate surface area is 216 Å². The highest BCUT2D eigenvalue weighted by molar-refractivity contribution is 5.76. The van der Waals surface area contributed by atoms with Gasteiger partial charge in [0.05, 0.1) is 18.2 Å². The first-order valence-corrected chi connectivity index (χ1v) is 13.0. The van der Waals surface area contributed by atoms with E-state index in [0.29, 0.717) is 25.6 Å². The Morgan fingerprint density at radius 1 is 1.24 bits per heavy atom. The van der Waals surface area contributed by atoms with E-state index in [2.05, 4.69) is 11.1 Å². The number of hydrogen-bond acceptors (Lipinski definition) is 6. The van der Waals surface area contributed by atoms with Crippen LogP contribution in [0.5, 0.6) is 0 Å². The first-order valence-electron chi connectivity index (χ1n) is 13.0. The van der Waals surface area contributed by atoms with E-state index in [0.717, 1.165) is 29.7 Å². The number of benzene rings is 1. The number of aromatic nitrogens is 1. The lowest BCUT2D eigenvalue weighted by Gasteiger charge is -2.48. The number of amides is 1. The number of rotatable bonds is 6. The van der Waals surface area contributed by atoms with Crippen LogP contribution in [0.3, 0.4) is 0 Å². The molecule has 5 unspecified atom stereocenters.